The maximum Gasteiger partial charge on any atom is 0.318 e. The van der Waals surface area contributed by atoms with Gasteiger partial charge < -0.3 is 10.2 Å². The number of hydrogen-bond donors (Lipinski definition) is 1. The third-order valence-electron chi connectivity index (χ3n) is 6.07. The molecule has 1 aliphatic carbocycles. The van der Waals surface area contributed by atoms with E-state index in [0.29, 0.717) is 23.9 Å². The molecule has 6 atom stereocenters. The molecule has 0 aromatic carbocycles. The highest BCUT2D eigenvalue weighted by molar-refractivity contribution is 5.76. The number of carbonyl (C=O) groups is 1. The van der Waals surface area contributed by atoms with Gasteiger partial charge >= 0.3 is 6.03 Å². The molecule has 2 aliphatic heterocycles. The van der Waals surface area contributed by atoms with E-state index in [1.807, 2.05) is 6.92 Å². The maximum absolute atomic E-state index is 12.5. The van der Waals surface area contributed by atoms with Crippen molar-refractivity contribution in [1.29, 1.82) is 5.26 Å². The van der Waals surface area contributed by atoms with Crippen molar-refractivity contribution in [1.82, 2.24) is 10.2 Å². The van der Waals surface area contributed by atoms with Crippen molar-refractivity contribution in [2.45, 2.75) is 76.9 Å². The monoisotopic (exact) mass is 289 g/mol. The van der Waals surface area contributed by atoms with E-state index in [-0.39, 0.29) is 18.0 Å². The quantitative estimate of drug-likeness (QED) is 0.848. The van der Waals surface area contributed by atoms with Crippen molar-refractivity contribution in [2.24, 2.45) is 17.8 Å². The van der Waals surface area contributed by atoms with E-state index in [1.54, 1.807) is 0 Å². The lowest BCUT2D eigenvalue weighted by atomic mass is 9.72. The second kappa shape index (κ2) is 5.87. The van der Waals surface area contributed by atoms with Gasteiger partial charge in [-0.05, 0) is 63.7 Å². The average Bonchev–Trinajstić information content (AvgIpc) is 2.49. The second-order valence-corrected chi connectivity index (χ2v) is 7.40. The van der Waals surface area contributed by atoms with Gasteiger partial charge in [-0.15, -0.1) is 0 Å². The predicted octanol–water partition coefficient (Wildman–Crippen LogP) is 3.29. The lowest BCUT2D eigenvalue weighted by Gasteiger charge is -2.53. The molecule has 21 heavy (non-hydrogen) atoms. The van der Waals surface area contributed by atoms with Crippen molar-refractivity contribution in [3.8, 4) is 6.07 Å². The van der Waals surface area contributed by atoms with Crippen LogP contribution in [-0.2, 0) is 0 Å². The van der Waals surface area contributed by atoms with Crippen LogP contribution >= 0.6 is 0 Å². The van der Waals surface area contributed by atoms with Crippen LogP contribution in [0.4, 0.5) is 4.79 Å². The summed E-state index contributed by atoms with van der Waals surface area (Å²) >= 11 is 0. The molecule has 4 nitrogen and oxygen atoms in total. The van der Waals surface area contributed by atoms with Crippen LogP contribution in [0, 0.1) is 29.1 Å². The zero-order chi connectivity index (χ0) is 15.0. The Morgan fingerprint density at radius 1 is 1.24 bits per heavy atom. The van der Waals surface area contributed by atoms with Crippen LogP contribution in [0.2, 0.25) is 0 Å². The van der Waals surface area contributed by atoms with Crippen molar-refractivity contribution < 1.29 is 4.79 Å². The highest BCUT2D eigenvalue weighted by atomic mass is 16.2. The van der Waals surface area contributed by atoms with Crippen molar-refractivity contribution in [2.75, 3.05) is 0 Å². The van der Waals surface area contributed by atoms with Gasteiger partial charge in [-0.25, -0.2) is 4.79 Å². The molecule has 3 aliphatic rings. The molecular formula is C17H27N3O. The Bertz CT molecular complexity index is 430. The summed E-state index contributed by atoms with van der Waals surface area (Å²) in [5.74, 6) is 1.10. The van der Waals surface area contributed by atoms with Gasteiger partial charge in [-0.2, -0.15) is 5.26 Å². The van der Waals surface area contributed by atoms with Gasteiger partial charge in [-0.1, -0.05) is 6.92 Å². The van der Waals surface area contributed by atoms with E-state index in [0.717, 1.165) is 19.3 Å². The molecule has 0 aromatic heterocycles. The number of rotatable bonds is 2. The van der Waals surface area contributed by atoms with Gasteiger partial charge in [0, 0.05) is 24.0 Å². The molecule has 0 aromatic rings. The number of nitrogens with one attached hydrogen (secondary N) is 1. The first-order valence-corrected chi connectivity index (χ1v) is 8.58. The summed E-state index contributed by atoms with van der Waals surface area (Å²) in [6.07, 6.45) is 7.99. The Labute approximate surface area is 127 Å². The standard InChI is InChI=1S/C17H27N3O/c1-11-6-7-13(8-16(11)12(2)10-18)19-17(21)20-14-4-3-5-15(20)9-14/h11-16H,3-9H2,1-2H3,(H,19,21)/t11?,12-,13?,14?,15?,16?/m0/s1. The molecule has 0 radical (unpaired) electrons. The maximum atomic E-state index is 12.5. The Kier molecular flexibility index (Phi) is 4.10. The molecule has 5 unspecified atom stereocenters. The Balaban J connectivity index is 1.55. The van der Waals surface area contributed by atoms with Gasteiger partial charge in [0.15, 0.2) is 0 Å². The number of nitriles is 1. The fourth-order valence-corrected chi connectivity index (χ4v) is 4.67. The average molecular weight is 289 g/mol. The third-order valence-corrected chi connectivity index (χ3v) is 6.07. The topological polar surface area (TPSA) is 56.1 Å². The normalized spacial score (nSPS) is 39.9. The largest absolute Gasteiger partial charge is 0.335 e. The summed E-state index contributed by atoms with van der Waals surface area (Å²) in [6.45, 7) is 4.27. The summed E-state index contributed by atoms with van der Waals surface area (Å²) in [4.78, 5) is 14.6. The summed E-state index contributed by atoms with van der Waals surface area (Å²) in [7, 11) is 0. The molecular weight excluding hydrogens is 262 g/mol. The number of piperidine rings is 1. The number of urea groups is 1. The number of nitrogens with zero attached hydrogens (tertiary/aromatic N) is 2. The van der Waals surface area contributed by atoms with E-state index >= 15 is 0 Å². The predicted molar refractivity (Wildman–Crippen MR) is 81.5 cm³/mol. The third kappa shape index (κ3) is 2.75. The lowest BCUT2D eigenvalue weighted by Crippen LogP contribution is -2.64. The summed E-state index contributed by atoms with van der Waals surface area (Å²) < 4.78 is 0. The molecule has 1 saturated carbocycles. The van der Waals surface area contributed by atoms with E-state index in [4.69, 9.17) is 0 Å². The number of fused-ring (bicyclic) bond motifs is 2. The first kappa shape index (κ1) is 14.7. The molecule has 116 valence electrons. The van der Waals surface area contributed by atoms with Gasteiger partial charge in [0.2, 0.25) is 0 Å². The van der Waals surface area contributed by atoms with E-state index in [2.05, 4.69) is 23.2 Å². The molecule has 0 spiro atoms. The minimum atomic E-state index is 0.0862. The molecule has 2 amide bonds. The second-order valence-electron chi connectivity index (χ2n) is 7.40. The van der Waals surface area contributed by atoms with E-state index < -0.39 is 0 Å². The number of hydrogen-bond acceptors (Lipinski definition) is 2. The van der Waals surface area contributed by atoms with Crippen molar-refractivity contribution in [3.63, 3.8) is 0 Å². The lowest BCUT2D eigenvalue weighted by molar-refractivity contribution is 0.00864. The van der Waals surface area contributed by atoms with Crippen LogP contribution in [0.25, 0.3) is 0 Å². The molecule has 3 fully saturated rings. The zero-order valence-corrected chi connectivity index (χ0v) is 13.2. The number of carbonyl (C=O) groups excluding carboxylic acids is 1. The minimum absolute atomic E-state index is 0.0862. The SMILES string of the molecule is CC1CCC(NC(=O)N2C3CCCC2C3)CC1[C@@H](C)C#N. The number of amides is 2. The van der Waals surface area contributed by atoms with Gasteiger partial charge in [0.25, 0.3) is 0 Å². The summed E-state index contributed by atoms with van der Waals surface area (Å²) in [5.41, 5.74) is 0. The van der Waals surface area contributed by atoms with Crippen molar-refractivity contribution in [3.05, 3.63) is 0 Å². The Hall–Kier alpha value is -1.24. The molecule has 2 saturated heterocycles. The highest BCUT2D eigenvalue weighted by Crippen LogP contribution is 2.39. The van der Waals surface area contributed by atoms with E-state index in [9.17, 15) is 10.1 Å². The zero-order valence-electron chi connectivity index (χ0n) is 13.2. The molecule has 2 bridgehead atoms. The smallest absolute Gasteiger partial charge is 0.318 e. The van der Waals surface area contributed by atoms with Crippen LogP contribution < -0.4 is 5.32 Å². The van der Waals surface area contributed by atoms with Crippen molar-refractivity contribution >= 4 is 6.03 Å². The van der Waals surface area contributed by atoms with Crippen LogP contribution in [0.5, 0.6) is 0 Å². The van der Waals surface area contributed by atoms with E-state index in [1.165, 1.54) is 25.7 Å². The summed E-state index contributed by atoms with van der Waals surface area (Å²) in [5, 5.41) is 12.4. The van der Waals surface area contributed by atoms with Gasteiger partial charge in [0.1, 0.15) is 0 Å². The van der Waals surface area contributed by atoms with Crippen LogP contribution in [0.3, 0.4) is 0 Å². The van der Waals surface area contributed by atoms with Crippen LogP contribution in [0.1, 0.15) is 58.8 Å². The minimum Gasteiger partial charge on any atom is -0.335 e. The van der Waals surface area contributed by atoms with Crippen LogP contribution in [-0.4, -0.2) is 29.1 Å². The van der Waals surface area contributed by atoms with Gasteiger partial charge in [0.05, 0.1) is 6.07 Å². The van der Waals surface area contributed by atoms with Crippen LogP contribution in [0.15, 0.2) is 0 Å². The molecule has 3 rings (SSSR count). The summed E-state index contributed by atoms with van der Waals surface area (Å²) in [6, 6.07) is 3.81. The fourth-order valence-electron chi connectivity index (χ4n) is 4.67. The molecule has 4 heteroatoms. The first-order valence-electron chi connectivity index (χ1n) is 8.58. The Morgan fingerprint density at radius 3 is 2.57 bits per heavy atom. The molecule has 2 heterocycles. The van der Waals surface area contributed by atoms with Gasteiger partial charge in [-0.3, -0.25) is 0 Å². The fraction of sp³-hybridized carbons (Fsp3) is 0.882. The highest BCUT2D eigenvalue weighted by Gasteiger charge is 2.44. The molecule has 1 N–H and O–H groups in total. The Morgan fingerprint density at radius 2 is 1.95 bits per heavy atom. The first-order chi connectivity index (χ1) is 10.1.